The molecule has 0 bridgehead atoms. The molecule has 1 aliphatic carbocycles. The number of carbonyl (C=O) groups is 1. The topological polar surface area (TPSA) is 72.7 Å². The van der Waals surface area contributed by atoms with Crippen LogP contribution >= 0.6 is 11.8 Å². The SMILES string of the molecule is CCn1c(SC(C)C(=O)NC2CCCCC2)nnc1-c1ccncc1. The molecule has 1 amide bonds. The van der Waals surface area contributed by atoms with Crippen molar-refractivity contribution < 1.29 is 4.79 Å². The van der Waals surface area contributed by atoms with Crippen LogP contribution in [0.3, 0.4) is 0 Å². The molecule has 134 valence electrons. The highest BCUT2D eigenvalue weighted by Crippen LogP contribution is 2.27. The molecule has 1 atom stereocenters. The number of thioether (sulfide) groups is 1. The van der Waals surface area contributed by atoms with Crippen molar-refractivity contribution in [3.8, 4) is 11.4 Å². The van der Waals surface area contributed by atoms with Gasteiger partial charge in [-0.2, -0.15) is 0 Å². The molecule has 0 saturated heterocycles. The summed E-state index contributed by atoms with van der Waals surface area (Å²) in [7, 11) is 0. The van der Waals surface area contributed by atoms with E-state index in [9.17, 15) is 4.79 Å². The Hall–Kier alpha value is -1.89. The van der Waals surface area contributed by atoms with Gasteiger partial charge in [0.1, 0.15) is 0 Å². The first-order chi connectivity index (χ1) is 12.2. The van der Waals surface area contributed by atoms with Crippen LogP contribution in [0.1, 0.15) is 46.0 Å². The Bertz CT molecular complexity index is 697. The number of nitrogens with zero attached hydrogens (tertiary/aromatic N) is 4. The molecule has 1 unspecified atom stereocenters. The van der Waals surface area contributed by atoms with Crippen molar-refractivity contribution in [3.63, 3.8) is 0 Å². The summed E-state index contributed by atoms with van der Waals surface area (Å²) >= 11 is 1.47. The summed E-state index contributed by atoms with van der Waals surface area (Å²) in [6.07, 6.45) is 9.40. The van der Waals surface area contributed by atoms with Gasteiger partial charge in [0, 0.05) is 30.5 Å². The zero-order chi connectivity index (χ0) is 17.6. The third-order valence-corrected chi connectivity index (χ3v) is 5.66. The fourth-order valence-electron chi connectivity index (χ4n) is 3.15. The van der Waals surface area contributed by atoms with E-state index < -0.39 is 0 Å². The van der Waals surface area contributed by atoms with Gasteiger partial charge in [-0.05, 0) is 38.8 Å². The highest BCUT2D eigenvalue weighted by atomic mass is 32.2. The first-order valence-electron chi connectivity index (χ1n) is 8.99. The number of carbonyl (C=O) groups excluding carboxylic acids is 1. The first kappa shape index (κ1) is 17.9. The van der Waals surface area contributed by atoms with E-state index in [0.717, 1.165) is 35.9 Å². The molecule has 2 heterocycles. The van der Waals surface area contributed by atoms with E-state index in [0.29, 0.717) is 6.04 Å². The molecular formula is C18H25N5OS. The quantitative estimate of drug-likeness (QED) is 0.801. The summed E-state index contributed by atoms with van der Waals surface area (Å²) < 4.78 is 2.05. The summed E-state index contributed by atoms with van der Waals surface area (Å²) in [4.78, 5) is 16.5. The highest BCUT2D eigenvalue weighted by molar-refractivity contribution is 8.00. The summed E-state index contributed by atoms with van der Waals surface area (Å²) in [5.74, 6) is 0.903. The van der Waals surface area contributed by atoms with E-state index in [-0.39, 0.29) is 11.2 Å². The van der Waals surface area contributed by atoms with Crippen LogP contribution in [0, 0.1) is 0 Å². The van der Waals surface area contributed by atoms with E-state index in [1.165, 1.54) is 31.0 Å². The van der Waals surface area contributed by atoms with Crippen molar-refractivity contribution in [2.24, 2.45) is 0 Å². The van der Waals surface area contributed by atoms with Crippen LogP contribution in [0.25, 0.3) is 11.4 Å². The molecule has 25 heavy (non-hydrogen) atoms. The van der Waals surface area contributed by atoms with Crippen LogP contribution in [0.2, 0.25) is 0 Å². The van der Waals surface area contributed by atoms with Crippen molar-refractivity contribution in [3.05, 3.63) is 24.5 Å². The fraction of sp³-hybridized carbons (Fsp3) is 0.556. The smallest absolute Gasteiger partial charge is 0.233 e. The van der Waals surface area contributed by atoms with Crippen LogP contribution < -0.4 is 5.32 Å². The van der Waals surface area contributed by atoms with E-state index in [4.69, 9.17) is 0 Å². The molecule has 1 saturated carbocycles. The van der Waals surface area contributed by atoms with Gasteiger partial charge in [-0.1, -0.05) is 31.0 Å². The lowest BCUT2D eigenvalue weighted by Crippen LogP contribution is -2.40. The Morgan fingerprint density at radius 2 is 2.00 bits per heavy atom. The summed E-state index contributed by atoms with van der Waals surface area (Å²) in [6, 6.07) is 4.17. The Labute approximate surface area is 152 Å². The van der Waals surface area contributed by atoms with Crippen LogP contribution in [0.15, 0.2) is 29.7 Å². The minimum Gasteiger partial charge on any atom is -0.352 e. The second-order valence-electron chi connectivity index (χ2n) is 6.39. The van der Waals surface area contributed by atoms with Crippen LogP contribution in [-0.2, 0) is 11.3 Å². The van der Waals surface area contributed by atoms with Crippen molar-refractivity contribution in [1.29, 1.82) is 0 Å². The maximum absolute atomic E-state index is 12.5. The minimum atomic E-state index is -0.193. The second kappa shape index (κ2) is 8.47. The fourth-order valence-corrected chi connectivity index (χ4v) is 4.07. The average Bonchev–Trinajstić information content (AvgIpc) is 3.05. The molecule has 3 rings (SSSR count). The maximum atomic E-state index is 12.5. The Balaban J connectivity index is 1.67. The minimum absolute atomic E-state index is 0.0908. The number of aromatic nitrogens is 4. The molecule has 7 heteroatoms. The lowest BCUT2D eigenvalue weighted by Gasteiger charge is -2.24. The van der Waals surface area contributed by atoms with E-state index in [1.807, 2.05) is 23.6 Å². The van der Waals surface area contributed by atoms with Gasteiger partial charge in [0.15, 0.2) is 11.0 Å². The molecule has 0 aliphatic heterocycles. The normalized spacial score (nSPS) is 16.6. The number of amides is 1. The third-order valence-electron chi connectivity index (χ3n) is 4.57. The van der Waals surface area contributed by atoms with Crippen LogP contribution in [0.5, 0.6) is 0 Å². The molecule has 0 radical (unpaired) electrons. The molecule has 2 aromatic rings. The Morgan fingerprint density at radius 1 is 1.28 bits per heavy atom. The van der Waals surface area contributed by atoms with Gasteiger partial charge in [0.2, 0.25) is 5.91 Å². The monoisotopic (exact) mass is 359 g/mol. The highest BCUT2D eigenvalue weighted by Gasteiger charge is 2.23. The third kappa shape index (κ3) is 4.39. The number of nitrogens with one attached hydrogen (secondary N) is 1. The standard InChI is InChI=1S/C18H25N5OS/c1-3-23-16(14-9-11-19-12-10-14)21-22-18(23)25-13(2)17(24)20-15-7-5-4-6-8-15/h9-13,15H,3-8H2,1-2H3,(H,20,24). The predicted octanol–water partition coefficient (Wildman–Crippen LogP) is 3.29. The largest absolute Gasteiger partial charge is 0.352 e. The van der Waals surface area contributed by atoms with Gasteiger partial charge in [-0.25, -0.2) is 0 Å². The summed E-state index contributed by atoms with van der Waals surface area (Å²) in [5, 5.41) is 12.4. The molecule has 1 aliphatic rings. The molecule has 1 N–H and O–H groups in total. The van der Waals surface area contributed by atoms with Crippen molar-refractivity contribution in [2.75, 3.05) is 0 Å². The lowest BCUT2D eigenvalue weighted by atomic mass is 9.95. The lowest BCUT2D eigenvalue weighted by molar-refractivity contribution is -0.121. The van der Waals surface area contributed by atoms with Gasteiger partial charge >= 0.3 is 0 Å². The number of hydrogen-bond acceptors (Lipinski definition) is 5. The predicted molar refractivity (Wildman–Crippen MR) is 99.3 cm³/mol. The van der Waals surface area contributed by atoms with Gasteiger partial charge < -0.3 is 9.88 Å². The van der Waals surface area contributed by atoms with Gasteiger partial charge in [-0.15, -0.1) is 10.2 Å². The molecule has 1 fully saturated rings. The van der Waals surface area contributed by atoms with E-state index in [1.54, 1.807) is 12.4 Å². The molecule has 0 aromatic carbocycles. The van der Waals surface area contributed by atoms with Crippen molar-refractivity contribution in [1.82, 2.24) is 25.1 Å². The number of pyridine rings is 1. The number of hydrogen-bond donors (Lipinski definition) is 1. The molecular weight excluding hydrogens is 334 g/mol. The Morgan fingerprint density at radius 3 is 2.68 bits per heavy atom. The van der Waals surface area contributed by atoms with Crippen LogP contribution in [-0.4, -0.2) is 36.9 Å². The zero-order valence-electron chi connectivity index (χ0n) is 14.8. The molecule has 0 spiro atoms. The number of rotatable bonds is 6. The first-order valence-corrected chi connectivity index (χ1v) is 9.87. The molecule has 2 aromatic heterocycles. The molecule has 6 nitrogen and oxygen atoms in total. The zero-order valence-corrected chi connectivity index (χ0v) is 15.6. The van der Waals surface area contributed by atoms with Gasteiger partial charge in [0.05, 0.1) is 5.25 Å². The van der Waals surface area contributed by atoms with E-state index in [2.05, 4.69) is 27.4 Å². The van der Waals surface area contributed by atoms with Crippen LogP contribution in [0.4, 0.5) is 0 Å². The van der Waals surface area contributed by atoms with Gasteiger partial charge in [-0.3, -0.25) is 9.78 Å². The average molecular weight is 359 g/mol. The van der Waals surface area contributed by atoms with E-state index >= 15 is 0 Å². The van der Waals surface area contributed by atoms with Crippen molar-refractivity contribution >= 4 is 17.7 Å². The summed E-state index contributed by atoms with van der Waals surface area (Å²) in [5.41, 5.74) is 0.982. The van der Waals surface area contributed by atoms with Gasteiger partial charge in [0.25, 0.3) is 0 Å². The second-order valence-corrected chi connectivity index (χ2v) is 7.70. The Kier molecular flexibility index (Phi) is 6.07. The summed E-state index contributed by atoms with van der Waals surface area (Å²) in [6.45, 7) is 4.75. The maximum Gasteiger partial charge on any atom is 0.233 e. The van der Waals surface area contributed by atoms with Crippen molar-refractivity contribution in [2.45, 2.75) is 68.9 Å².